The number of halogens is 1. The molecule has 0 saturated heterocycles. The molecule has 0 bridgehead atoms. The summed E-state index contributed by atoms with van der Waals surface area (Å²) in [5, 5.41) is 13.7. The topological polar surface area (TPSA) is 82.7 Å². The van der Waals surface area contributed by atoms with Crippen LogP contribution >= 0.6 is 27.7 Å². The first-order valence-corrected chi connectivity index (χ1v) is 9.76. The zero-order valence-corrected chi connectivity index (χ0v) is 16.5. The second-order valence-electron chi connectivity index (χ2n) is 5.63. The predicted octanol–water partition coefficient (Wildman–Crippen LogP) is 4.22. The first-order chi connectivity index (χ1) is 12.6. The molecule has 3 rings (SSSR count). The van der Waals surface area contributed by atoms with Crippen LogP contribution in [0.1, 0.15) is 11.4 Å². The van der Waals surface area contributed by atoms with E-state index in [1.807, 2.05) is 49.4 Å². The van der Waals surface area contributed by atoms with E-state index in [-0.39, 0.29) is 11.7 Å². The lowest BCUT2D eigenvalue weighted by Crippen LogP contribution is -2.14. The zero-order chi connectivity index (χ0) is 18.4. The molecule has 0 aliphatic heterocycles. The van der Waals surface area contributed by atoms with Gasteiger partial charge in [0.1, 0.15) is 5.82 Å². The van der Waals surface area contributed by atoms with Crippen LogP contribution in [-0.2, 0) is 11.3 Å². The van der Waals surface area contributed by atoms with Gasteiger partial charge >= 0.3 is 0 Å². The fraction of sp³-hybridized carbons (Fsp3) is 0.167. The summed E-state index contributed by atoms with van der Waals surface area (Å²) in [4.78, 5) is 16.4. The van der Waals surface area contributed by atoms with Crippen molar-refractivity contribution in [3.05, 3.63) is 64.4 Å². The van der Waals surface area contributed by atoms with Crippen LogP contribution < -0.4 is 10.6 Å². The number of benzene rings is 2. The summed E-state index contributed by atoms with van der Waals surface area (Å²) in [6.45, 7) is 2.59. The fourth-order valence-corrected chi connectivity index (χ4v) is 3.27. The number of hydrogen-bond acceptors (Lipinski definition) is 5. The third-order valence-electron chi connectivity index (χ3n) is 3.43. The van der Waals surface area contributed by atoms with Gasteiger partial charge in [0.15, 0.2) is 0 Å². The number of amides is 1. The average Bonchev–Trinajstić information content (AvgIpc) is 3.06. The molecule has 2 aromatic carbocycles. The molecule has 0 saturated carbocycles. The van der Waals surface area contributed by atoms with Gasteiger partial charge in [0, 0.05) is 15.8 Å². The Kier molecular flexibility index (Phi) is 6.30. The zero-order valence-electron chi connectivity index (χ0n) is 14.1. The van der Waals surface area contributed by atoms with Crippen molar-refractivity contribution < 1.29 is 4.79 Å². The molecule has 0 radical (unpaired) electrons. The van der Waals surface area contributed by atoms with Gasteiger partial charge in [-0.15, -0.1) is 5.10 Å². The molecular formula is C18H18BrN5OS. The number of rotatable bonds is 7. The van der Waals surface area contributed by atoms with E-state index in [1.54, 1.807) is 0 Å². The van der Waals surface area contributed by atoms with Crippen molar-refractivity contribution in [3.63, 3.8) is 0 Å². The van der Waals surface area contributed by atoms with Crippen molar-refractivity contribution in [2.75, 3.05) is 16.4 Å². The monoisotopic (exact) mass is 431 g/mol. The Bertz CT molecular complexity index is 899. The van der Waals surface area contributed by atoms with Gasteiger partial charge in [0.2, 0.25) is 11.1 Å². The molecule has 3 N–H and O–H groups in total. The summed E-state index contributed by atoms with van der Waals surface area (Å²) in [6, 6.07) is 15.6. The number of hydrogen-bond donors (Lipinski definition) is 3. The highest BCUT2D eigenvalue weighted by Gasteiger charge is 2.08. The van der Waals surface area contributed by atoms with E-state index in [4.69, 9.17) is 0 Å². The van der Waals surface area contributed by atoms with E-state index in [9.17, 15) is 4.79 Å². The second-order valence-corrected chi connectivity index (χ2v) is 7.49. The van der Waals surface area contributed by atoms with Crippen LogP contribution in [0, 0.1) is 6.92 Å². The molecule has 8 heteroatoms. The van der Waals surface area contributed by atoms with Crippen molar-refractivity contribution in [2.24, 2.45) is 0 Å². The first-order valence-electron chi connectivity index (χ1n) is 7.98. The fourth-order valence-electron chi connectivity index (χ4n) is 2.26. The Labute approximate surface area is 164 Å². The van der Waals surface area contributed by atoms with Gasteiger partial charge in [-0.1, -0.05) is 45.9 Å². The molecule has 1 amide bonds. The number of aromatic nitrogens is 3. The third kappa shape index (κ3) is 5.60. The summed E-state index contributed by atoms with van der Waals surface area (Å²) in [6.07, 6.45) is 0. The summed E-state index contributed by atoms with van der Waals surface area (Å²) in [5.41, 5.74) is 2.98. The third-order valence-corrected chi connectivity index (χ3v) is 4.77. The molecule has 1 heterocycles. The molecule has 0 spiro atoms. The van der Waals surface area contributed by atoms with E-state index >= 15 is 0 Å². The summed E-state index contributed by atoms with van der Waals surface area (Å²) < 4.78 is 0.919. The summed E-state index contributed by atoms with van der Waals surface area (Å²) in [5.74, 6) is 0.869. The molecule has 26 heavy (non-hydrogen) atoms. The molecule has 0 unspecified atom stereocenters. The molecule has 0 atom stereocenters. The highest BCUT2D eigenvalue weighted by atomic mass is 79.9. The minimum absolute atomic E-state index is 0.0997. The van der Waals surface area contributed by atoms with Crippen LogP contribution in [0.4, 0.5) is 11.4 Å². The van der Waals surface area contributed by atoms with Gasteiger partial charge in [-0.3, -0.25) is 9.89 Å². The quantitative estimate of drug-likeness (QED) is 0.487. The van der Waals surface area contributed by atoms with Gasteiger partial charge in [-0.25, -0.2) is 4.98 Å². The van der Waals surface area contributed by atoms with Crippen molar-refractivity contribution in [2.45, 2.75) is 18.6 Å². The number of thioether (sulfide) groups is 1. The number of nitrogens with one attached hydrogen (secondary N) is 3. The van der Waals surface area contributed by atoms with Gasteiger partial charge in [-0.05, 0) is 42.8 Å². The minimum Gasteiger partial charge on any atom is -0.378 e. The SMILES string of the molecule is Cc1cccc(NCc2nc(SCC(=O)Nc3cccc(Br)c3)n[nH]2)c1. The Morgan fingerprint density at radius 1 is 1.19 bits per heavy atom. The van der Waals surface area contributed by atoms with E-state index in [0.29, 0.717) is 11.7 Å². The number of aromatic amines is 1. The van der Waals surface area contributed by atoms with Crippen molar-refractivity contribution in [3.8, 4) is 0 Å². The summed E-state index contributed by atoms with van der Waals surface area (Å²) >= 11 is 4.67. The normalized spacial score (nSPS) is 10.5. The van der Waals surface area contributed by atoms with E-state index < -0.39 is 0 Å². The van der Waals surface area contributed by atoms with Crippen molar-refractivity contribution >= 4 is 45.0 Å². The van der Waals surface area contributed by atoms with Crippen LogP contribution in [0.5, 0.6) is 0 Å². The minimum atomic E-state index is -0.0997. The van der Waals surface area contributed by atoms with Crippen LogP contribution in [-0.4, -0.2) is 26.8 Å². The highest BCUT2D eigenvalue weighted by molar-refractivity contribution is 9.10. The largest absolute Gasteiger partial charge is 0.378 e. The molecule has 0 aliphatic carbocycles. The molecule has 134 valence electrons. The molecule has 0 fully saturated rings. The Hall–Kier alpha value is -2.32. The van der Waals surface area contributed by atoms with Crippen LogP contribution in [0.2, 0.25) is 0 Å². The highest BCUT2D eigenvalue weighted by Crippen LogP contribution is 2.17. The number of H-pyrrole nitrogens is 1. The summed E-state index contributed by atoms with van der Waals surface area (Å²) in [7, 11) is 0. The molecule has 0 aliphatic rings. The maximum Gasteiger partial charge on any atom is 0.234 e. The number of nitrogens with zero attached hydrogens (tertiary/aromatic N) is 2. The van der Waals surface area contributed by atoms with E-state index in [2.05, 4.69) is 47.8 Å². The molecule has 1 aromatic heterocycles. The van der Waals surface area contributed by atoms with Gasteiger partial charge in [0.25, 0.3) is 0 Å². The number of carbonyl (C=O) groups is 1. The van der Waals surface area contributed by atoms with Crippen LogP contribution in [0.15, 0.2) is 58.2 Å². The van der Waals surface area contributed by atoms with Gasteiger partial charge < -0.3 is 10.6 Å². The molecule has 3 aromatic rings. The van der Waals surface area contributed by atoms with E-state index in [1.165, 1.54) is 17.3 Å². The Balaban J connectivity index is 1.46. The molecular weight excluding hydrogens is 414 g/mol. The average molecular weight is 432 g/mol. The number of anilines is 2. The lowest BCUT2D eigenvalue weighted by atomic mass is 10.2. The first kappa shape index (κ1) is 18.5. The lowest BCUT2D eigenvalue weighted by molar-refractivity contribution is -0.113. The molecule has 6 nitrogen and oxygen atoms in total. The number of aryl methyl sites for hydroxylation is 1. The standard InChI is InChI=1S/C18H18BrN5OS/c1-12-4-2-6-14(8-12)20-10-16-22-18(24-23-16)26-11-17(25)21-15-7-3-5-13(19)9-15/h2-9,20H,10-11H2,1H3,(H,21,25)(H,22,23,24). The smallest absolute Gasteiger partial charge is 0.234 e. The predicted molar refractivity (Wildman–Crippen MR) is 108 cm³/mol. The second kappa shape index (κ2) is 8.86. The van der Waals surface area contributed by atoms with Crippen LogP contribution in [0.3, 0.4) is 0 Å². The maximum atomic E-state index is 12.0. The number of carbonyl (C=O) groups excluding carboxylic acids is 1. The van der Waals surface area contributed by atoms with Crippen molar-refractivity contribution in [1.82, 2.24) is 15.2 Å². The van der Waals surface area contributed by atoms with Crippen LogP contribution in [0.25, 0.3) is 0 Å². The van der Waals surface area contributed by atoms with E-state index in [0.717, 1.165) is 21.7 Å². The maximum absolute atomic E-state index is 12.0. The Morgan fingerprint density at radius 3 is 2.81 bits per heavy atom. The Morgan fingerprint density at radius 2 is 2.00 bits per heavy atom. The lowest BCUT2D eigenvalue weighted by Gasteiger charge is -2.04. The van der Waals surface area contributed by atoms with Gasteiger partial charge in [0.05, 0.1) is 12.3 Å². The van der Waals surface area contributed by atoms with Crippen molar-refractivity contribution in [1.29, 1.82) is 0 Å². The van der Waals surface area contributed by atoms with Gasteiger partial charge in [-0.2, -0.15) is 0 Å².